The molecule has 1 aromatic heterocycles. The topological polar surface area (TPSA) is 119 Å². The van der Waals surface area contributed by atoms with Gasteiger partial charge in [0, 0.05) is 18.8 Å². The molecule has 10 heteroatoms. The molecule has 5 atom stereocenters. The second kappa shape index (κ2) is 10.9. The summed E-state index contributed by atoms with van der Waals surface area (Å²) in [4.78, 5) is 35.4. The first kappa shape index (κ1) is 24.3. The van der Waals surface area contributed by atoms with Gasteiger partial charge in [0.25, 0.3) is 0 Å². The number of aromatic nitrogens is 3. The quantitative estimate of drug-likeness (QED) is 0.374. The first-order valence-electron chi connectivity index (χ1n) is 10.3. The zero-order chi connectivity index (χ0) is 23.1. The molecule has 0 amide bonds. The second-order valence-electron chi connectivity index (χ2n) is 7.37. The summed E-state index contributed by atoms with van der Waals surface area (Å²) in [6.45, 7) is 11.2. The number of nitrogens with zero attached hydrogens (tertiary/aromatic N) is 3. The van der Waals surface area contributed by atoms with Crippen LogP contribution in [0.15, 0.2) is 0 Å². The molecule has 1 aliphatic heterocycles. The van der Waals surface area contributed by atoms with Gasteiger partial charge in [-0.1, -0.05) is 26.0 Å². The van der Waals surface area contributed by atoms with Crippen LogP contribution in [0.3, 0.4) is 0 Å². The Kier molecular flexibility index (Phi) is 8.56. The number of carbonyl (C=O) groups excluding carboxylic acids is 3. The minimum Gasteiger partial charge on any atom is -0.463 e. The van der Waals surface area contributed by atoms with Crippen molar-refractivity contribution in [2.45, 2.75) is 53.9 Å². The number of rotatable bonds is 6. The molecular formula is C21H29N3O7. The monoisotopic (exact) mass is 435 g/mol. The smallest absolute Gasteiger partial charge is 0.384 e. The van der Waals surface area contributed by atoms with Crippen LogP contribution in [0.25, 0.3) is 0 Å². The summed E-state index contributed by atoms with van der Waals surface area (Å²) in [7, 11) is 0. The molecule has 0 bridgehead atoms. The predicted molar refractivity (Wildman–Crippen MR) is 108 cm³/mol. The normalized spacial score (nSPS) is 25.2. The number of carbonyl (C=O) groups is 3. The molecule has 0 saturated carbocycles. The molecule has 1 aromatic rings. The van der Waals surface area contributed by atoms with E-state index in [0.29, 0.717) is 0 Å². The average molecular weight is 435 g/mol. The Balaban J connectivity index is 2.45. The van der Waals surface area contributed by atoms with Crippen LogP contribution < -0.4 is 0 Å². The summed E-state index contributed by atoms with van der Waals surface area (Å²) in [6.07, 6.45) is -1.03. The highest BCUT2D eigenvalue weighted by atomic mass is 16.6. The highest BCUT2D eigenvalue weighted by molar-refractivity contribution is 5.92. The van der Waals surface area contributed by atoms with E-state index in [0.717, 1.165) is 0 Å². The van der Waals surface area contributed by atoms with Gasteiger partial charge in [-0.05, 0) is 31.6 Å². The standard InChI is InChI=1S/C21H29N3O7/c1-7-28-18(26)10-9-16-19(21(27)29-8-2)22-23-24(16)20-14(5)12(3)13(4)17(31-20)11-30-15(6)25/h12-14,17,20H,7-8,11H2,1-6H3. The Morgan fingerprint density at radius 3 is 2.32 bits per heavy atom. The molecule has 0 N–H and O–H groups in total. The lowest BCUT2D eigenvalue weighted by molar-refractivity contribution is -0.192. The first-order chi connectivity index (χ1) is 14.7. The third-order valence-electron chi connectivity index (χ3n) is 5.42. The number of hydrogen-bond acceptors (Lipinski definition) is 9. The number of hydrogen-bond donors (Lipinski definition) is 0. The molecule has 0 aromatic carbocycles. The van der Waals surface area contributed by atoms with Gasteiger partial charge >= 0.3 is 17.9 Å². The lowest BCUT2D eigenvalue weighted by Crippen LogP contribution is -2.45. The van der Waals surface area contributed by atoms with E-state index in [2.05, 4.69) is 29.1 Å². The zero-order valence-electron chi connectivity index (χ0n) is 18.7. The predicted octanol–water partition coefficient (Wildman–Crippen LogP) is 1.74. The van der Waals surface area contributed by atoms with Crippen LogP contribution in [0.4, 0.5) is 0 Å². The van der Waals surface area contributed by atoms with E-state index in [1.165, 1.54) is 11.6 Å². The van der Waals surface area contributed by atoms with Gasteiger partial charge in [0.05, 0.1) is 19.3 Å². The molecule has 0 radical (unpaired) electrons. The largest absolute Gasteiger partial charge is 0.463 e. The molecule has 10 nitrogen and oxygen atoms in total. The Morgan fingerprint density at radius 2 is 1.71 bits per heavy atom. The van der Waals surface area contributed by atoms with Gasteiger partial charge in [-0.25, -0.2) is 14.3 Å². The summed E-state index contributed by atoms with van der Waals surface area (Å²) < 4.78 is 22.6. The molecule has 1 saturated heterocycles. The van der Waals surface area contributed by atoms with Crippen LogP contribution in [0.2, 0.25) is 0 Å². The molecule has 1 fully saturated rings. The minimum absolute atomic E-state index is 0.0385. The van der Waals surface area contributed by atoms with Crippen LogP contribution in [-0.2, 0) is 28.5 Å². The fourth-order valence-electron chi connectivity index (χ4n) is 3.38. The van der Waals surface area contributed by atoms with E-state index in [9.17, 15) is 14.4 Å². The summed E-state index contributed by atoms with van der Waals surface area (Å²) in [5.41, 5.74) is -0.0198. The van der Waals surface area contributed by atoms with E-state index in [-0.39, 0.29) is 55.1 Å². The average Bonchev–Trinajstić information content (AvgIpc) is 3.14. The van der Waals surface area contributed by atoms with E-state index in [1.54, 1.807) is 13.8 Å². The summed E-state index contributed by atoms with van der Waals surface area (Å²) >= 11 is 0. The Labute approximate surface area is 181 Å². The maximum atomic E-state index is 12.4. The van der Waals surface area contributed by atoms with Crippen molar-refractivity contribution in [2.24, 2.45) is 17.8 Å². The molecule has 2 rings (SSSR count). The maximum absolute atomic E-state index is 12.4. The SMILES string of the molecule is CCOC(=O)C#Cc1c(C(=O)OCC)nnn1C1OC(COC(C)=O)C(C)C(C)C1C. The third-order valence-corrected chi connectivity index (χ3v) is 5.42. The summed E-state index contributed by atoms with van der Waals surface area (Å²) in [6, 6.07) is 0. The van der Waals surface area contributed by atoms with Gasteiger partial charge < -0.3 is 18.9 Å². The van der Waals surface area contributed by atoms with Gasteiger partial charge in [-0.3, -0.25) is 4.79 Å². The Morgan fingerprint density at radius 1 is 1.03 bits per heavy atom. The first-order valence-corrected chi connectivity index (χ1v) is 10.3. The van der Waals surface area contributed by atoms with Gasteiger partial charge in [-0.2, -0.15) is 0 Å². The second-order valence-corrected chi connectivity index (χ2v) is 7.37. The Bertz CT molecular complexity index is 870. The van der Waals surface area contributed by atoms with Crippen LogP contribution in [0, 0.1) is 29.6 Å². The van der Waals surface area contributed by atoms with E-state index in [1.807, 2.05) is 13.8 Å². The van der Waals surface area contributed by atoms with Crippen molar-refractivity contribution in [3.63, 3.8) is 0 Å². The highest BCUT2D eigenvalue weighted by Gasteiger charge is 2.42. The summed E-state index contributed by atoms with van der Waals surface area (Å²) in [5, 5.41) is 8.02. The molecular weight excluding hydrogens is 406 g/mol. The molecule has 170 valence electrons. The fourth-order valence-corrected chi connectivity index (χ4v) is 3.38. The number of esters is 3. The Hall–Kier alpha value is -2.93. The van der Waals surface area contributed by atoms with E-state index >= 15 is 0 Å². The van der Waals surface area contributed by atoms with Gasteiger partial charge in [0.15, 0.2) is 6.23 Å². The molecule has 0 aliphatic carbocycles. The summed E-state index contributed by atoms with van der Waals surface area (Å²) in [5.74, 6) is 3.38. The fraction of sp³-hybridized carbons (Fsp3) is 0.667. The third kappa shape index (κ3) is 5.82. The van der Waals surface area contributed by atoms with Crippen LogP contribution in [-0.4, -0.2) is 58.8 Å². The van der Waals surface area contributed by atoms with Crippen LogP contribution >= 0.6 is 0 Å². The van der Waals surface area contributed by atoms with Gasteiger partial charge in [-0.15, -0.1) is 5.10 Å². The van der Waals surface area contributed by atoms with E-state index < -0.39 is 24.1 Å². The van der Waals surface area contributed by atoms with Crippen molar-refractivity contribution >= 4 is 17.9 Å². The van der Waals surface area contributed by atoms with Crippen LogP contribution in [0.1, 0.15) is 64.0 Å². The molecule has 2 heterocycles. The maximum Gasteiger partial charge on any atom is 0.384 e. The minimum atomic E-state index is -0.739. The van der Waals surface area contributed by atoms with Crippen molar-refractivity contribution < 1.29 is 33.3 Å². The van der Waals surface area contributed by atoms with Crippen molar-refractivity contribution in [3.05, 3.63) is 11.4 Å². The lowest BCUT2D eigenvalue weighted by atomic mass is 9.78. The van der Waals surface area contributed by atoms with Crippen molar-refractivity contribution in [1.82, 2.24) is 15.0 Å². The number of ether oxygens (including phenoxy) is 4. The van der Waals surface area contributed by atoms with Crippen molar-refractivity contribution in [3.8, 4) is 11.8 Å². The highest BCUT2D eigenvalue weighted by Crippen LogP contribution is 2.40. The van der Waals surface area contributed by atoms with Crippen molar-refractivity contribution in [1.29, 1.82) is 0 Å². The van der Waals surface area contributed by atoms with Gasteiger partial charge in [0.1, 0.15) is 12.3 Å². The molecule has 0 spiro atoms. The van der Waals surface area contributed by atoms with E-state index in [4.69, 9.17) is 18.9 Å². The zero-order valence-corrected chi connectivity index (χ0v) is 18.7. The molecule has 31 heavy (non-hydrogen) atoms. The van der Waals surface area contributed by atoms with Gasteiger partial charge in [0.2, 0.25) is 5.69 Å². The molecule has 1 aliphatic rings. The van der Waals surface area contributed by atoms with Crippen LogP contribution in [0.5, 0.6) is 0 Å². The molecule has 5 unspecified atom stereocenters. The van der Waals surface area contributed by atoms with Crippen molar-refractivity contribution in [2.75, 3.05) is 19.8 Å². The lowest BCUT2D eigenvalue weighted by Gasteiger charge is -2.43.